The molecule has 10 nitrogen and oxygen atoms in total. The van der Waals surface area contributed by atoms with Crippen LogP contribution in [0.25, 0.3) is 11.8 Å². The molecule has 0 atom stereocenters. The number of benzene rings is 2. The Labute approximate surface area is 179 Å². The van der Waals surface area contributed by atoms with Gasteiger partial charge in [-0.15, -0.1) is 0 Å². The molecule has 0 bridgehead atoms. The van der Waals surface area contributed by atoms with E-state index in [1.807, 2.05) is 0 Å². The molecule has 3 amide bonds. The molecular weight excluding hydrogens is 421 g/mol. The Kier molecular flexibility index (Phi) is 5.15. The summed E-state index contributed by atoms with van der Waals surface area (Å²) in [6, 6.07) is 10.2. The zero-order valence-corrected chi connectivity index (χ0v) is 16.7. The van der Waals surface area contributed by atoms with E-state index >= 15 is 0 Å². The molecule has 0 aliphatic carbocycles. The Hall–Kier alpha value is -4.54. The third-order valence-electron chi connectivity index (χ3n) is 4.91. The fourth-order valence-electron chi connectivity index (χ4n) is 3.31. The molecule has 0 spiro atoms. The minimum atomic E-state index is -0.709. The van der Waals surface area contributed by atoms with Gasteiger partial charge in [0.15, 0.2) is 0 Å². The molecule has 2 heterocycles. The number of nitrogens with one attached hydrogen (secondary N) is 2. The Morgan fingerprint density at radius 2 is 1.84 bits per heavy atom. The maximum atomic E-state index is 13.2. The Morgan fingerprint density at radius 3 is 2.53 bits per heavy atom. The van der Waals surface area contributed by atoms with E-state index in [1.54, 1.807) is 13.0 Å². The molecule has 0 unspecified atom stereocenters. The average molecular weight is 437 g/mol. The summed E-state index contributed by atoms with van der Waals surface area (Å²) >= 11 is 0. The van der Waals surface area contributed by atoms with Crippen LogP contribution in [-0.2, 0) is 11.3 Å². The lowest BCUT2D eigenvalue weighted by molar-refractivity contribution is -0.384. The van der Waals surface area contributed by atoms with Crippen molar-refractivity contribution in [1.82, 2.24) is 20.0 Å². The summed E-state index contributed by atoms with van der Waals surface area (Å²) in [5.74, 6) is -1.12. The molecule has 4 rings (SSSR count). The lowest BCUT2D eigenvalue weighted by Crippen LogP contribution is -2.30. The maximum absolute atomic E-state index is 13.2. The SMILES string of the molecule is Cc1[nH]n(-c2ccc(F)cc2)c(=O)c1/C=C1\NC(=O)N(Cc2cccc([N+](=O)[O-])c2)C1=O. The largest absolute Gasteiger partial charge is 0.329 e. The number of aryl methyl sites for hydroxylation is 1. The summed E-state index contributed by atoms with van der Waals surface area (Å²) in [5, 5.41) is 16.2. The molecule has 1 aliphatic rings. The van der Waals surface area contributed by atoms with Crippen molar-refractivity contribution in [3.8, 4) is 5.69 Å². The second-order valence-electron chi connectivity index (χ2n) is 7.07. The van der Waals surface area contributed by atoms with Gasteiger partial charge in [-0.25, -0.2) is 13.9 Å². The van der Waals surface area contributed by atoms with Crippen LogP contribution in [0.1, 0.15) is 16.8 Å². The number of hydrogen-bond acceptors (Lipinski definition) is 5. The van der Waals surface area contributed by atoms with Crippen molar-refractivity contribution in [1.29, 1.82) is 0 Å². The van der Waals surface area contributed by atoms with Gasteiger partial charge in [0.25, 0.3) is 17.2 Å². The Morgan fingerprint density at radius 1 is 1.12 bits per heavy atom. The van der Waals surface area contributed by atoms with E-state index in [-0.39, 0.29) is 23.5 Å². The molecular formula is C21H16FN5O5. The highest BCUT2D eigenvalue weighted by molar-refractivity contribution is 6.13. The van der Waals surface area contributed by atoms with Gasteiger partial charge in [-0.05, 0) is 42.8 Å². The van der Waals surface area contributed by atoms with Gasteiger partial charge in [-0.1, -0.05) is 12.1 Å². The minimum Gasteiger partial charge on any atom is -0.303 e. The van der Waals surface area contributed by atoms with Crippen LogP contribution in [0, 0.1) is 22.9 Å². The van der Waals surface area contributed by atoms with Gasteiger partial charge in [-0.3, -0.25) is 29.7 Å². The van der Waals surface area contributed by atoms with Crippen LogP contribution < -0.4 is 10.9 Å². The number of imide groups is 1. The number of carbonyl (C=O) groups is 2. The molecule has 1 aromatic heterocycles. The first-order chi connectivity index (χ1) is 15.2. The number of amides is 3. The smallest absolute Gasteiger partial charge is 0.303 e. The van der Waals surface area contributed by atoms with E-state index < -0.39 is 28.2 Å². The van der Waals surface area contributed by atoms with Crippen LogP contribution in [0.5, 0.6) is 0 Å². The van der Waals surface area contributed by atoms with Gasteiger partial charge in [0.2, 0.25) is 0 Å². The third kappa shape index (κ3) is 3.78. The second kappa shape index (κ2) is 7.95. The molecule has 11 heteroatoms. The molecule has 0 radical (unpaired) electrons. The van der Waals surface area contributed by atoms with Crippen molar-refractivity contribution >= 4 is 23.7 Å². The molecule has 0 saturated carbocycles. The van der Waals surface area contributed by atoms with Gasteiger partial charge in [0.1, 0.15) is 11.5 Å². The predicted octanol–water partition coefficient (Wildman–Crippen LogP) is 2.61. The predicted molar refractivity (Wildman–Crippen MR) is 111 cm³/mol. The Bertz CT molecular complexity index is 1340. The molecule has 1 fully saturated rings. The van der Waals surface area contributed by atoms with Crippen LogP contribution in [0.15, 0.2) is 59.0 Å². The first-order valence-electron chi connectivity index (χ1n) is 9.40. The highest BCUT2D eigenvalue weighted by atomic mass is 19.1. The van der Waals surface area contributed by atoms with Gasteiger partial charge in [0.05, 0.1) is 22.7 Å². The summed E-state index contributed by atoms with van der Waals surface area (Å²) in [4.78, 5) is 49.2. The van der Waals surface area contributed by atoms with Crippen molar-refractivity contribution in [2.45, 2.75) is 13.5 Å². The molecule has 3 aromatic rings. The van der Waals surface area contributed by atoms with Crippen LogP contribution in [0.3, 0.4) is 0 Å². The topological polar surface area (TPSA) is 130 Å². The number of urea groups is 1. The third-order valence-corrected chi connectivity index (χ3v) is 4.91. The highest BCUT2D eigenvalue weighted by Gasteiger charge is 2.34. The van der Waals surface area contributed by atoms with Crippen LogP contribution in [0.4, 0.5) is 14.9 Å². The van der Waals surface area contributed by atoms with Crippen LogP contribution in [-0.4, -0.2) is 31.5 Å². The number of halogens is 1. The number of H-pyrrole nitrogens is 1. The second-order valence-corrected chi connectivity index (χ2v) is 7.07. The van der Waals surface area contributed by atoms with Gasteiger partial charge in [-0.2, -0.15) is 0 Å². The van der Waals surface area contributed by atoms with E-state index in [0.717, 1.165) is 4.90 Å². The van der Waals surface area contributed by atoms with E-state index in [1.165, 1.54) is 53.2 Å². The van der Waals surface area contributed by atoms with E-state index in [9.17, 15) is 28.9 Å². The van der Waals surface area contributed by atoms with Gasteiger partial charge < -0.3 is 5.32 Å². The lowest BCUT2D eigenvalue weighted by Gasteiger charge is -2.11. The van der Waals surface area contributed by atoms with Crippen LogP contribution >= 0.6 is 0 Å². The van der Waals surface area contributed by atoms with Crippen molar-refractivity contribution in [3.63, 3.8) is 0 Å². The van der Waals surface area contributed by atoms with Crippen molar-refractivity contribution in [2.75, 3.05) is 0 Å². The molecule has 32 heavy (non-hydrogen) atoms. The zero-order valence-electron chi connectivity index (χ0n) is 16.7. The first kappa shape index (κ1) is 20.7. The van der Waals surface area contributed by atoms with Crippen LogP contribution in [0.2, 0.25) is 0 Å². The number of rotatable bonds is 5. The number of aromatic amines is 1. The van der Waals surface area contributed by atoms with Crippen molar-refractivity contribution < 1.29 is 18.9 Å². The van der Waals surface area contributed by atoms with E-state index in [0.29, 0.717) is 16.9 Å². The normalized spacial score (nSPS) is 14.8. The van der Waals surface area contributed by atoms with Gasteiger partial charge in [0, 0.05) is 17.8 Å². The van der Waals surface area contributed by atoms with E-state index in [2.05, 4.69) is 10.4 Å². The highest BCUT2D eigenvalue weighted by Crippen LogP contribution is 2.20. The van der Waals surface area contributed by atoms with Gasteiger partial charge >= 0.3 is 6.03 Å². The quantitative estimate of drug-likeness (QED) is 0.274. The Balaban J connectivity index is 1.62. The number of non-ortho nitro benzene ring substituents is 1. The average Bonchev–Trinajstić information content (AvgIpc) is 3.19. The van der Waals surface area contributed by atoms with Crippen molar-refractivity contribution in [2.24, 2.45) is 0 Å². The molecule has 162 valence electrons. The maximum Gasteiger partial charge on any atom is 0.329 e. The van der Waals surface area contributed by atoms with E-state index in [4.69, 9.17) is 0 Å². The molecule has 1 aliphatic heterocycles. The lowest BCUT2D eigenvalue weighted by atomic mass is 10.2. The molecule has 1 saturated heterocycles. The summed E-state index contributed by atoms with van der Waals surface area (Å²) in [6.45, 7) is 1.45. The minimum absolute atomic E-state index is 0.106. The number of hydrogen-bond donors (Lipinski definition) is 2. The van der Waals surface area contributed by atoms with Crippen molar-refractivity contribution in [3.05, 3.63) is 97.3 Å². The number of nitro groups is 1. The summed E-state index contributed by atoms with van der Waals surface area (Å²) in [7, 11) is 0. The fourth-order valence-corrected chi connectivity index (χ4v) is 3.31. The summed E-state index contributed by atoms with van der Waals surface area (Å²) in [6.07, 6.45) is 1.27. The zero-order chi connectivity index (χ0) is 23.0. The summed E-state index contributed by atoms with van der Waals surface area (Å²) < 4.78 is 14.4. The summed E-state index contributed by atoms with van der Waals surface area (Å²) in [5.41, 5.74) is 0.640. The number of carbonyl (C=O) groups excluding carboxylic acids is 2. The standard InChI is InChI=1S/C21H16FN5O5/c1-12-17(19(28)26(24-12)15-7-5-14(22)6-8-15)10-18-20(29)25(21(30)23-18)11-13-3-2-4-16(9-13)27(31)32/h2-10,24H,11H2,1H3,(H,23,30)/b18-10-. The molecule has 2 aromatic carbocycles. The number of nitrogens with zero attached hydrogens (tertiary/aromatic N) is 3. The number of nitro benzene ring substituents is 1. The monoisotopic (exact) mass is 437 g/mol. The molecule has 2 N–H and O–H groups in total. The number of aromatic nitrogens is 2. The fraction of sp³-hybridized carbons (Fsp3) is 0.0952. The first-order valence-corrected chi connectivity index (χ1v) is 9.40.